The molecule has 1 fully saturated rings. The first-order valence-electron chi connectivity index (χ1n) is 3.83. The van der Waals surface area contributed by atoms with Gasteiger partial charge in [0.05, 0.1) is 0 Å². The maximum absolute atomic E-state index is 5.90. The van der Waals surface area contributed by atoms with Gasteiger partial charge in [-0.05, 0) is 18.9 Å². The third-order valence-electron chi connectivity index (χ3n) is 2.02. The molecule has 1 aliphatic rings. The van der Waals surface area contributed by atoms with Crippen LogP contribution >= 0.6 is 0 Å². The minimum absolute atomic E-state index is 0.0291. The maximum Gasteiger partial charge on any atom is 0.130 e. The third-order valence-corrected chi connectivity index (χ3v) is 2.02. The molecule has 0 spiro atoms. The topological polar surface area (TPSA) is 51.8 Å². The van der Waals surface area contributed by atoms with E-state index < -0.39 is 0 Å². The van der Waals surface area contributed by atoms with Crippen LogP contribution in [0, 0.1) is 0 Å². The van der Waals surface area contributed by atoms with Crippen molar-refractivity contribution in [3.63, 3.8) is 0 Å². The molecule has 0 radical (unpaired) electrons. The molecule has 1 aromatic heterocycles. The highest BCUT2D eigenvalue weighted by Crippen LogP contribution is 2.34. The summed E-state index contributed by atoms with van der Waals surface area (Å²) < 4.78 is 0. The number of hydrogen-bond acceptors (Lipinski definition) is 3. The molecule has 1 heterocycles. The van der Waals surface area contributed by atoms with Crippen LogP contribution in [0.25, 0.3) is 0 Å². The zero-order valence-corrected chi connectivity index (χ0v) is 6.33. The first-order chi connectivity index (χ1) is 5.29. The van der Waals surface area contributed by atoms with Gasteiger partial charge in [-0.15, -0.1) is 0 Å². The standard InChI is InChI=1S/C8H11N3/c9-8(2-3-8)6-7-10-4-1-5-11-7/h1,4-5H,2-3,6,9H2. The Labute approximate surface area is 65.7 Å². The van der Waals surface area contributed by atoms with Crippen LogP contribution in [0.4, 0.5) is 0 Å². The van der Waals surface area contributed by atoms with Gasteiger partial charge in [-0.1, -0.05) is 0 Å². The van der Waals surface area contributed by atoms with Crippen LogP contribution < -0.4 is 5.73 Å². The molecule has 0 aromatic carbocycles. The summed E-state index contributed by atoms with van der Waals surface area (Å²) >= 11 is 0. The Kier molecular flexibility index (Phi) is 1.39. The summed E-state index contributed by atoms with van der Waals surface area (Å²) in [6, 6.07) is 1.82. The molecular formula is C8H11N3. The molecule has 0 unspecified atom stereocenters. The molecule has 0 atom stereocenters. The monoisotopic (exact) mass is 149 g/mol. The molecule has 1 aliphatic carbocycles. The van der Waals surface area contributed by atoms with Gasteiger partial charge >= 0.3 is 0 Å². The van der Waals surface area contributed by atoms with Crippen molar-refractivity contribution in [1.82, 2.24) is 9.97 Å². The first-order valence-corrected chi connectivity index (χ1v) is 3.83. The van der Waals surface area contributed by atoms with Gasteiger partial charge in [0.1, 0.15) is 5.82 Å². The molecule has 0 amide bonds. The maximum atomic E-state index is 5.90. The molecule has 0 bridgehead atoms. The van der Waals surface area contributed by atoms with Gasteiger partial charge in [-0.2, -0.15) is 0 Å². The Balaban J connectivity index is 2.07. The Morgan fingerprint density at radius 1 is 1.36 bits per heavy atom. The van der Waals surface area contributed by atoms with Gasteiger partial charge < -0.3 is 5.73 Å². The summed E-state index contributed by atoms with van der Waals surface area (Å²) in [6.45, 7) is 0. The van der Waals surface area contributed by atoms with Crippen LogP contribution in [-0.4, -0.2) is 15.5 Å². The highest BCUT2D eigenvalue weighted by molar-refractivity contribution is 5.06. The number of rotatable bonds is 2. The highest BCUT2D eigenvalue weighted by Gasteiger charge is 2.38. The van der Waals surface area contributed by atoms with E-state index in [1.54, 1.807) is 12.4 Å². The molecule has 0 saturated heterocycles. The third kappa shape index (κ3) is 1.54. The molecule has 11 heavy (non-hydrogen) atoms. The van der Waals surface area contributed by atoms with Crippen LogP contribution in [0.2, 0.25) is 0 Å². The van der Waals surface area contributed by atoms with Crippen molar-refractivity contribution in [2.45, 2.75) is 24.8 Å². The summed E-state index contributed by atoms with van der Waals surface area (Å²) in [5.41, 5.74) is 5.93. The molecule has 58 valence electrons. The van der Waals surface area contributed by atoms with E-state index in [2.05, 4.69) is 9.97 Å². The fraction of sp³-hybridized carbons (Fsp3) is 0.500. The predicted molar refractivity (Wildman–Crippen MR) is 41.9 cm³/mol. The quantitative estimate of drug-likeness (QED) is 0.666. The van der Waals surface area contributed by atoms with E-state index in [1.165, 1.54) is 0 Å². The molecule has 2 rings (SSSR count). The lowest BCUT2D eigenvalue weighted by atomic mass is 10.2. The minimum Gasteiger partial charge on any atom is -0.325 e. The van der Waals surface area contributed by atoms with Crippen LogP contribution in [0.3, 0.4) is 0 Å². The van der Waals surface area contributed by atoms with Crippen molar-refractivity contribution in [3.8, 4) is 0 Å². The van der Waals surface area contributed by atoms with E-state index in [-0.39, 0.29) is 5.54 Å². The van der Waals surface area contributed by atoms with E-state index in [0.717, 1.165) is 25.1 Å². The molecule has 1 saturated carbocycles. The van der Waals surface area contributed by atoms with Gasteiger partial charge in [0.25, 0.3) is 0 Å². The number of aromatic nitrogens is 2. The summed E-state index contributed by atoms with van der Waals surface area (Å²) in [4.78, 5) is 8.23. The smallest absolute Gasteiger partial charge is 0.130 e. The lowest BCUT2D eigenvalue weighted by molar-refractivity contribution is 0.643. The van der Waals surface area contributed by atoms with Crippen LogP contribution in [-0.2, 0) is 6.42 Å². The average Bonchev–Trinajstić information content (AvgIpc) is 2.70. The molecular weight excluding hydrogens is 138 g/mol. The molecule has 1 aromatic rings. The van der Waals surface area contributed by atoms with Gasteiger partial charge in [0.2, 0.25) is 0 Å². The van der Waals surface area contributed by atoms with Gasteiger partial charge in [-0.3, -0.25) is 0 Å². The second-order valence-corrected chi connectivity index (χ2v) is 3.20. The molecule has 3 nitrogen and oxygen atoms in total. The van der Waals surface area contributed by atoms with Crippen molar-refractivity contribution in [2.75, 3.05) is 0 Å². The fourth-order valence-corrected chi connectivity index (χ4v) is 1.07. The van der Waals surface area contributed by atoms with E-state index >= 15 is 0 Å². The summed E-state index contributed by atoms with van der Waals surface area (Å²) in [6.07, 6.45) is 6.58. The lowest BCUT2D eigenvalue weighted by Crippen LogP contribution is -2.25. The first kappa shape index (κ1) is 6.73. The highest BCUT2D eigenvalue weighted by atomic mass is 14.9. The summed E-state index contributed by atoms with van der Waals surface area (Å²) in [7, 11) is 0. The van der Waals surface area contributed by atoms with Crippen molar-refractivity contribution >= 4 is 0 Å². The van der Waals surface area contributed by atoms with Gasteiger partial charge in [0, 0.05) is 24.4 Å². The lowest BCUT2D eigenvalue weighted by Gasteiger charge is -2.04. The zero-order chi connectivity index (χ0) is 7.73. The summed E-state index contributed by atoms with van der Waals surface area (Å²) in [5, 5.41) is 0. The average molecular weight is 149 g/mol. The van der Waals surface area contributed by atoms with E-state index in [4.69, 9.17) is 5.73 Å². The van der Waals surface area contributed by atoms with Gasteiger partial charge in [-0.25, -0.2) is 9.97 Å². The van der Waals surface area contributed by atoms with E-state index in [0.29, 0.717) is 0 Å². The zero-order valence-electron chi connectivity index (χ0n) is 6.33. The van der Waals surface area contributed by atoms with Crippen LogP contribution in [0.1, 0.15) is 18.7 Å². The van der Waals surface area contributed by atoms with Crippen molar-refractivity contribution < 1.29 is 0 Å². The summed E-state index contributed by atoms with van der Waals surface area (Å²) in [5.74, 6) is 0.868. The van der Waals surface area contributed by atoms with E-state index in [9.17, 15) is 0 Å². The number of hydrogen-bond donors (Lipinski definition) is 1. The fourth-order valence-electron chi connectivity index (χ4n) is 1.07. The number of nitrogens with zero attached hydrogens (tertiary/aromatic N) is 2. The second kappa shape index (κ2) is 2.27. The predicted octanol–water partition coefficient (Wildman–Crippen LogP) is 0.510. The van der Waals surface area contributed by atoms with Crippen LogP contribution in [0.15, 0.2) is 18.5 Å². The molecule has 2 N–H and O–H groups in total. The van der Waals surface area contributed by atoms with Gasteiger partial charge in [0.15, 0.2) is 0 Å². The Bertz CT molecular complexity index is 241. The Hall–Kier alpha value is -0.960. The molecule has 3 heteroatoms. The number of nitrogens with two attached hydrogens (primary N) is 1. The van der Waals surface area contributed by atoms with Crippen LogP contribution in [0.5, 0.6) is 0 Å². The van der Waals surface area contributed by atoms with Crippen molar-refractivity contribution in [2.24, 2.45) is 5.73 Å². The van der Waals surface area contributed by atoms with Crippen molar-refractivity contribution in [3.05, 3.63) is 24.3 Å². The SMILES string of the molecule is NC1(Cc2ncccn2)CC1. The normalized spacial score (nSPS) is 19.7. The Morgan fingerprint density at radius 2 is 2.00 bits per heavy atom. The Morgan fingerprint density at radius 3 is 2.55 bits per heavy atom. The van der Waals surface area contributed by atoms with Crippen molar-refractivity contribution in [1.29, 1.82) is 0 Å². The minimum atomic E-state index is 0.0291. The second-order valence-electron chi connectivity index (χ2n) is 3.20. The molecule has 0 aliphatic heterocycles. The largest absolute Gasteiger partial charge is 0.325 e. The van der Waals surface area contributed by atoms with E-state index in [1.807, 2.05) is 6.07 Å².